The largest absolute Gasteiger partial charge is 0.416 e. The molecule has 0 saturated heterocycles. The molecular formula is C19H13F3N4OS2. The maximum atomic E-state index is 12.8. The minimum Gasteiger partial charge on any atom is -0.334 e. The Bertz CT molecular complexity index is 1120. The number of aromatic nitrogens is 2. The molecule has 10 heteroatoms. The Morgan fingerprint density at radius 3 is 2.48 bits per heavy atom. The van der Waals surface area contributed by atoms with Gasteiger partial charge in [0.2, 0.25) is 0 Å². The lowest BCUT2D eigenvalue weighted by atomic mass is 10.1. The molecule has 1 unspecified atom stereocenters. The number of halogens is 3. The molecule has 5 nitrogen and oxygen atoms in total. The van der Waals surface area contributed by atoms with Crippen LogP contribution in [0.25, 0.3) is 11.3 Å². The SMILES string of the molecule is CN1C=NS(=O)c2cc(-c3nccnc3Sc3ccc(C(F)(F)F)cc3)ccc21. The number of nitrogens with zero attached hydrogens (tertiary/aromatic N) is 4. The van der Waals surface area contributed by atoms with E-state index >= 15 is 0 Å². The fourth-order valence-electron chi connectivity index (χ4n) is 2.75. The summed E-state index contributed by atoms with van der Waals surface area (Å²) in [7, 11) is 0.303. The zero-order valence-corrected chi connectivity index (χ0v) is 16.6. The standard InChI is InChI=1S/C19H13F3N4OS2/c1-26-11-25-29(27)16-10-12(2-7-15(16)26)17-18(24-9-8-23-17)28-14-5-3-13(4-6-14)19(20,21)22/h2-11H,1H3. The van der Waals surface area contributed by atoms with Gasteiger partial charge in [0.15, 0.2) is 11.0 Å². The lowest BCUT2D eigenvalue weighted by Crippen LogP contribution is -2.20. The van der Waals surface area contributed by atoms with E-state index in [0.717, 1.165) is 17.8 Å². The van der Waals surface area contributed by atoms with Crippen LogP contribution in [0.2, 0.25) is 0 Å². The highest BCUT2D eigenvalue weighted by Crippen LogP contribution is 2.37. The molecule has 1 atom stereocenters. The number of fused-ring (bicyclic) bond motifs is 1. The molecule has 0 spiro atoms. The van der Waals surface area contributed by atoms with Gasteiger partial charge >= 0.3 is 6.18 Å². The average molecular weight is 434 g/mol. The van der Waals surface area contributed by atoms with Crippen molar-refractivity contribution in [3.8, 4) is 11.3 Å². The topological polar surface area (TPSA) is 58.5 Å². The molecule has 1 aromatic heterocycles. The molecular weight excluding hydrogens is 421 g/mol. The molecule has 0 bridgehead atoms. The van der Waals surface area contributed by atoms with Crippen molar-refractivity contribution in [1.29, 1.82) is 0 Å². The minimum absolute atomic E-state index is 0.533. The Hall–Kier alpha value is -2.72. The maximum Gasteiger partial charge on any atom is 0.416 e. The number of anilines is 1. The van der Waals surface area contributed by atoms with Gasteiger partial charge in [-0.15, -0.1) is 0 Å². The second-order valence-electron chi connectivity index (χ2n) is 6.10. The first-order valence-corrected chi connectivity index (χ1v) is 10.2. The van der Waals surface area contributed by atoms with Gasteiger partial charge in [-0.05, 0) is 36.4 Å². The van der Waals surface area contributed by atoms with Crippen LogP contribution in [-0.2, 0) is 17.2 Å². The summed E-state index contributed by atoms with van der Waals surface area (Å²) in [5, 5.41) is 0.533. The van der Waals surface area contributed by atoms with E-state index in [4.69, 9.17) is 0 Å². The van der Waals surface area contributed by atoms with E-state index in [1.807, 2.05) is 19.2 Å². The van der Waals surface area contributed by atoms with Crippen LogP contribution in [0.1, 0.15) is 5.56 Å². The first-order chi connectivity index (χ1) is 13.8. The number of benzene rings is 2. The molecule has 4 rings (SSSR count). The number of hydrogen-bond acceptors (Lipinski definition) is 5. The predicted molar refractivity (Wildman–Crippen MR) is 106 cm³/mol. The molecule has 1 aliphatic heterocycles. The fourth-order valence-corrected chi connectivity index (χ4v) is 4.58. The van der Waals surface area contributed by atoms with Crippen molar-refractivity contribution in [2.75, 3.05) is 11.9 Å². The highest BCUT2D eigenvalue weighted by molar-refractivity contribution is 7.99. The summed E-state index contributed by atoms with van der Waals surface area (Å²) in [4.78, 5) is 11.6. The van der Waals surface area contributed by atoms with Gasteiger partial charge < -0.3 is 4.90 Å². The first kappa shape index (κ1) is 19.6. The molecule has 3 aromatic rings. The second-order valence-corrected chi connectivity index (χ2v) is 8.31. The Kier molecular flexibility index (Phi) is 5.13. The monoisotopic (exact) mass is 434 g/mol. The predicted octanol–water partition coefficient (Wildman–Crippen LogP) is 4.81. The normalized spacial score (nSPS) is 16.0. The molecule has 0 aliphatic carbocycles. The lowest BCUT2D eigenvalue weighted by Gasteiger charge is -2.21. The average Bonchev–Trinajstić information content (AvgIpc) is 2.71. The van der Waals surface area contributed by atoms with Crippen molar-refractivity contribution >= 4 is 34.8 Å². The van der Waals surface area contributed by atoms with Crippen molar-refractivity contribution < 1.29 is 17.4 Å². The lowest BCUT2D eigenvalue weighted by molar-refractivity contribution is -0.137. The van der Waals surface area contributed by atoms with E-state index in [-0.39, 0.29) is 0 Å². The van der Waals surface area contributed by atoms with Gasteiger partial charge in [0.1, 0.15) is 17.1 Å². The molecule has 0 amide bonds. The van der Waals surface area contributed by atoms with E-state index in [2.05, 4.69) is 14.4 Å². The van der Waals surface area contributed by atoms with Gasteiger partial charge in [-0.2, -0.15) is 17.6 Å². The van der Waals surface area contributed by atoms with Crippen molar-refractivity contribution in [2.45, 2.75) is 21.0 Å². The Labute approximate surface area is 171 Å². The third-order valence-corrected chi connectivity index (χ3v) is 6.17. The third kappa shape index (κ3) is 4.03. The van der Waals surface area contributed by atoms with Crippen LogP contribution in [0.3, 0.4) is 0 Å². The molecule has 0 fully saturated rings. The molecule has 1 aliphatic rings. The summed E-state index contributed by atoms with van der Waals surface area (Å²) in [5.41, 5.74) is 1.32. The second kappa shape index (κ2) is 7.60. The van der Waals surface area contributed by atoms with Crippen LogP contribution < -0.4 is 4.90 Å². The quantitative estimate of drug-likeness (QED) is 0.592. The van der Waals surface area contributed by atoms with Crippen molar-refractivity contribution in [2.24, 2.45) is 4.40 Å². The van der Waals surface area contributed by atoms with Crippen LogP contribution >= 0.6 is 11.8 Å². The molecule has 0 saturated carbocycles. The van der Waals surface area contributed by atoms with Crippen LogP contribution in [0.15, 0.2) is 74.1 Å². The van der Waals surface area contributed by atoms with E-state index in [9.17, 15) is 17.4 Å². The minimum atomic E-state index is -4.38. The van der Waals surface area contributed by atoms with E-state index in [1.165, 1.54) is 42.6 Å². The Morgan fingerprint density at radius 2 is 1.76 bits per heavy atom. The number of hydrogen-bond donors (Lipinski definition) is 0. The van der Waals surface area contributed by atoms with Gasteiger partial charge in [0.25, 0.3) is 0 Å². The smallest absolute Gasteiger partial charge is 0.334 e. The van der Waals surface area contributed by atoms with Crippen molar-refractivity contribution in [3.63, 3.8) is 0 Å². The zero-order valence-electron chi connectivity index (χ0n) is 14.9. The number of rotatable bonds is 3. The summed E-state index contributed by atoms with van der Waals surface area (Å²) in [6.07, 6.45) is 0.180. The zero-order chi connectivity index (χ0) is 20.6. The summed E-state index contributed by atoms with van der Waals surface area (Å²) in [5.74, 6) is 0. The van der Waals surface area contributed by atoms with Gasteiger partial charge in [-0.3, -0.25) is 4.98 Å². The van der Waals surface area contributed by atoms with E-state index in [0.29, 0.717) is 26.1 Å². The highest BCUT2D eigenvalue weighted by atomic mass is 32.2. The maximum absolute atomic E-state index is 12.8. The van der Waals surface area contributed by atoms with Gasteiger partial charge in [0, 0.05) is 29.9 Å². The van der Waals surface area contributed by atoms with Crippen molar-refractivity contribution in [1.82, 2.24) is 9.97 Å². The van der Waals surface area contributed by atoms with Crippen LogP contribution in [0, 0.1) is 0 Å². The van der Waals surface area contributed by atoms with Crippen LogP contribution in [0.4, 0.5) is 18.9 Å². The molecule has 148 valence electrons. The van der Waals surface area contributed by atoms with E-state index < -0.39 is 22.7 Å². The molecule has 2 heterocycles. The summed E-state index contributed by atoms with van der Waals surface area (Å²) in [6.45, 7) is 0. The summed E-state index contributed by atoms with van der Waals surface area (Å²) < 4.78 is 54.5. The summed E-state index contributed by atoms with van der Waals surface area (Å²) in [6, 6.07) is 10.3. The number of alkyl halides is 3. The molecule has 29 heavy (non-hydrogen) atoms. The van der Waals surface area contributed by atoms with Crippen molar-refractivity contribution in [3.05, 3.63) is 60.4 Å². The molecule has 0 N–H and O–H groups in total. The van der Waals surface area contributed by atoms with Gasteiger partial charge in [-0.1, -0.05) is 17.8 Å². The van der Waals surface area contributed by atoms with Crippen LogP contribution in [-0.4, -0.2) is 27.6 Å². The first-order valence-electron chi connectivity index (χ1n) is 8.32. The molecule has 2 aromatic carbocycles. The Morgan fingerprint density at radius 1 is 1.03 bits per heavy atom. The van der Waals surface area contributed by atoms with Gasteiger partial charge in [0.05, 0.1) is 16.1 Å². The van der Waals surface area contributed by atoms with E-state index in [1.54, 1.807) is 11.0 Å². The summed E-state index contributed by atoms with van der Waals surface area (Å²) >= 11 is 1.21. The van der Waals surface area contributed by atoms with Crippen LogP contribution in [0.5, 0.6) is 0 Å². The Balaban J connectivity index is 1.68. The fraction of sp³-hybridized carbons (Fsp3) is 0.105. The van der Waals surface area contributed by atoms with Gasteiger partial charge in [-0.25, -0.2) is 9.19 Å². The highest BCUT2D eigenvalue weighted by Gasteiger charge is 2.30. The molecule has 0 radical (unpaired) electrons. The third-order valence-electron chi connectivity index (χ3n) is 4.18.